The number of nitrogens with one attached hydrogen (secondary N) is 1. The molecule has 0 fully saturated rings. The zero-order valence-corrected chi connectivity index (χ0v) is 15.0. The Morgan fingerprint density at radius 1 is 1.00 bits per heavy atom. The van der Waals surface area contributed by atoms with Crippen molar-refractivity contribution in [3.8, 4) is 11.5 Å². The number of imide groups is 1. The lowest BCUT2D eigenvalue weighted by Crippen LogP contribution is -2.37. The lowest BCUT2D eigenvalue weighted by Gasteiger charge is -2.18. The van der Waals surface area contributed by atoms with E-state index in [0.29, 0.717) is 0 Å². The van der Waals surface area contributed by atoms with E-state index in [1.807, 2.05) is 0 Å². The molecule has 144 valence electrons. The maximum atomic E-state index is 12.4. The predicted octanol–water partition coefficient (Wildman–Crippen LogP) is 0.302. The molecule has 2 aromatic rings. The number of amides is 3. The second-order valence-corrected chi connectivity index (χ2v) is 5.83. The van der Waals surface area contributed by atoms with Crippen LogP contribution in [-0.2, 0) is 4.79 Å². The lowest BCUT2D eigenvalue weighted by atomic mass is 10.1. The van der Waals surface area contributed by atoms with E-state index in [-0.39, 0.29) is 33.9 Å². The third kappa shape index (κ3) is 3.25. The van der Waals surface area contributed by atoms with Crippen LogP contribution in [0.5, 0.6) is 11.5 Å². The van der Waals surface area contributed by atoms with Gasteiger partial charge in [0.1, 0.15) is 6.54 Å². The van der Waals surface area contributed by atoms with Gasteiger partial charge in [0.05, 0.1) is 37.0 Å². The Hall–Kier alpha value is -3.88. The van der Waals surface area contributed by atoms with E-state index >= 15 is 0 Å². The Balaban J connectivity index is 1.83. The zero-order chi connectivity index (χ0) is 20.4. The Morgan fingerprint density at radius 3 is 2.04 bits per heavy atom. The number of hydrogen-bond acceptors (Lipinski definition) is 7. The molecular weight excluding hydrogens is 368 g/mol. The largest absolute Gasteiger partial charge is 0.545 e. The summed E-state index contributed by atoms with van der Waals surface area (Å²) in [5, 5.41) is 13.8. The van der Waals surface area contributed by atoms with Crippen LogP contribution in [0.15, 0.2) is 36.4 Å². The van der Waals surface area contributed by atoms with Gasteiger partial charge in [-0.3, -0.25) is 19.3 Å². The van der Waals surface area contributed by atoms with E-state index in [4.69, 9.17) is 9.47 Å². The Morgan fingerprint density at radius 2 is 1.54 bits per heavy atom. The third-order valence-corrected chi connectivity index (χ3v) is 4.20. The highest BCUT2D eigenvalue weighted by atomic mass is 16.5. The number of carboxylic acids is 1. The van der Waals surface area contributed by atoms with Crippen LogP contribution >= 0.6 is 0 Å². The molecule has 0 spiro atoms. The number of nitrogens with zero attached hydrogens (tertiary/aromatic N) is 1. The minimum Gasteiger partial charge on any atom is -0.545 e. The van der Waals surface area contributed by atoms with Gasteiger partial charge in [-0.15, -0.1) is 0 Å². The van der Waals surface area contributed by atoms with Crippen LogP contribution in [0.3, 0.4) is 0 Å². The molecule has 1 heterocycles. The molecule has 0 saturated heterocycles. The average Bonchev–Trinajstić information content (AvgIpc) is 2.92. The smallest absolute Gasteiger partial charge is 0.262 e. The summed E-state index contributed by atoms with van der Waals surface area (Å²) in [6.45, 7) is -0.576. The number of methoxy groups -OCH3 is 2. The first-order valence-corrected chi connectivity index (χ1v) is 8.09. The maximum absolute atomic E-state index is 12.4. The van der Waals surface area contributed by atoms with E-state index in [0.717, 1.165) is 11.0 Å². The van der Waals surface area contributed by atoms with Gasteiger partial charge in [0.2, 0.25) is 5.91 Å². The van der Waals surface area contributed by atoms with Crippen LogP contribution in [0.25, 0.3) is 0 Å². The normalized spacial score (nSPS) is 12.6. The van der Waals surface area contributed by atoms with Gasteiger partial charge in [0.15, 0.2) is 11.5 Å². The number of rotatable bonds is 6. The fourth-order valence-corrected chi connectivity index (χ4v) is 2.87. The van der Waals surface area contributed by atoms with Crippen molar-refractivity contribution in [3.63, 3.8) is 0 Å². The van der Waals surface area contributed by atoms with Crippen molar-refractivity contribution in [3.05, 3.63) is 53.1 Å². The Labute approximate surface area is 159 Å². The average molecular weight is 383 g/mol. The SMILES string of the molecule is COc1cc(NC(=O)CN2C(=O)c3ccccc3C2=O)c(C(=O)[O-])cc1OC. The topological polar surface area (TPSA) is 125 Å². The molecule has 3 rings (SSSR count). The maximum Gasteiger partial charge on any atom is 0.262 e. The van der Waals surface area contributed by atoms with Crippen molar-refractivity contribution in [2.75, 3.05) is 26.1 Å². The number of ether oxygens (including phenoxy) is 2. The molecule has 0 saturated carbocycles. The van der Waals surface area contributed by atoms with E-state index in [1.165, 1.54) is 32.4 Å². The number of carbonyl (C=O) groups is 4. The molecular formula is C19H15N2O7-. The van der Waals surface area contributed by atoms with E-state index in [9.17, 15) is 24.3 Å². The van der Waals surface area contributed by atoms with E-state index in [2.05, 4.69) is 5.32 Å². The minimum absolute atomic E-state index is 0.112. The summed E-state index contributed by atoms with van der Waals surface area (Å²) in [4.78, 5) is 49.3. The summed E-state index contributed by atoms with van der Waals surface area (Å²) in [5.41, 5.74) is -0.0312. The standard InChI is InChI=1S/C19H16N2O7/c1-27-14-7-12(19(25)26)13(8-15(14)28-2)20-16(22)9-21-17(23)10-5-3-4-6-11(10)18(21)24/h3-8H,9H2,1-2H3,(H,20,22)(H,25,26)/p-1. The number of hydrogen-bond donors (Lipinski definition) is 1. The summed E-state index contributed by atoms with van der Waals surface area (Å²) in [6, 6.07) is 8.62. The molecule has 0 aliphatic carbocycles. The molecule has 0 atom stereocenters. The second kappa shape index (κ2) is 7.39. The van der Waals surface area contributed by atoms with Crippen LogP contribution in [0, 0.1) is 0 Å². The fourth-order valence-electron chi connectivity index (χ4n) is 2.87. The molecule has 28 heavy (non-hydrogen) atoms. The quantitative estimate of drug-likeness (QED) is 0.711. The van der Waals surface area contributed by atoms with Crippen molar-refractivity contribution in [1.29, 1.82) is 0 Å². The van der Waals surface area contributed by atoms with Gasteiger partial charge in [-0.25, -0.2) is 0 Å². The van der Waals surface area contributed by atoms with Crippen molar-refractivity contribution in [2.24, 2.45) is 0 Å². The number of benzene rings is 2. The predicted molar refractivity (Wildman–Crippen MR) is 94.3 cm³/mol. The summed E-state index contributed by atoms with van der Waals surface area (Å²) >= 11 is 0. The van der Waals surface area contributed by atoms with Crippen LogP contribution < -0.4 is 19.9 Å². The van der Waals surface area contributed by atoms with Crippen LogP contribution in [0.1, 0.15) is 31.1 Å². The summed E-state index contributed by atoms with van der Waals surface area (Å²) in [5.74, 6) is -3.17. The van der Waals surface area contributed by atoms with Crippen molar-refractivity contribution < 1.29 is 33.8 Å². The molecule has 0 bridgehead atoms. The van der Waals surface area contributed by atoms with Gasteiger partial charge in [0.25, 0.3) is 11.8 Å². The van der Waals surface area contributed by atoms with Crippen molar-refractivity contribution >= 4 is 29.4 Å². The lowest BCUT2D eigenvalue weighted by molar-refractivity contribution is -0.254. The first-order chi connectivity index (χ1) is 13.4. The minimum atomic E-state index is -1.54. The van der Waals surface area contributed by atoms with Crippen molar-refractivity contribution in [2.45, 2.75) is 0 Å². The first kappa shape index (κ1) is 18.9. The zero-order valence-electron chi connectivity index (χ0n) is 15.0. The van der Waals surface area contributed by atoms with Crippen molar-refractivity contribution in [1.82, 2.24) is 4.90 Å². The fraction of sp³-hybridized carbons (Fsp3) is 0.158. The highest BCUT2D eigenvalue weighted by Crippen LogP contribution is 2.33. The van der Waals surface area contributed by atoms with E-state index in [1.54, 1.807) is 12.1 Å². The number of carbonyl (C=O) groups excluding carboxylic acids is 4. The summed E-state index contributed by atoms with van der Waals surface area (Å²) in [6.07, 6.45) is 0. The van der Waals surface area contributed by atoms with E-state index < -0.39 is 30.2 Å². The molecule has 0 radical (unpaired) electrons. The Kier molecular flexibility index (Phi) is 4.99. The van der Waals surface area contributed by atoms with Gasteiger partial charge >= 0.3 is 0 Å². The Bertz CT molecular complexity index is 965. The second-order valence-electron chi connectivity index (χ2n) is 5.83. The van der Waals surface area contributed by atoms with Gasteiger partial charge in [-0.2, -0.15) is 0 Å². The van der Waals surface area contributed by atoms with Gasteiger partial charge in [-0.1, -0.05) is 12.1 Å². The highest BCUT2D eigenvalue weighted by molar-refractivity contribution is 6.22. The molecule has 2 aromatic carbocycles. The molecule has 0 unspecified atom stereocenters. The van der Waals surface area contributed by atoms with Gasteiger partial charge in [0, 0.05) is 11.6 Å². The molecule has 1 aliphatic heterocycles. The number of anilines is 1. The number of fused-ring (bicyclic) bond motifs is 1. The van der Waals surface area contributed by atoms with Gasteiger partial charge < -0.3 is 24.7 Å². The van der Waals surface area contributed by atoms with Crippen LogP contribution in [0.2, 0.25) is 0 Å². The number of aromatic carboxylic acids is 1. The molecule has 9 heteroatoms. The summed E-state index contributed by atoms with van der Waals surface area (Å²) < 4.78 is 10.1. The van der Waals surface area contributed by atoms with Crippen LogP contribution in [-0.4, -0.2) is 49.4 Å². The highest BCUT2D eigenvalue weighted by Gasteiger charge is 2.36. The monoisotopic (exact) mass is 383 g/mol. The molecule has 3 amide bonds. The number of carboxylic acid groups (broad SMARTS) is 1. The van der Waals surface area contributed by atoms with Crippen LogP contribution in [0.4, 0.5) is 5.69 Å². The first-order valence-electron chi connectivity index (χ1n) is 8.09. The van der Waals surface area contributed by atoms with Gasteiger partial charge in [-0.05, 0) is 18.2 Å². The molecule has 1 aliphatic rings. The molecule has 9 nitrogen and oxygen atoms in total. The summed E-state index contributed by atoms with van der Waals surface area (Å²) in [7, 11) is 2.68. The third-order valence-electron chi connectivity index (χ3n) is 4.20. The molecule has 1 N–H and O–H groups in total. The molecule has 0 aromatic heterocycles.